The van der Waals surface area contributed by atoms with Gasteiger partial charge in [0.15, 0.2) is 0 Å². The zero-order valence-electron chi connectivity index (χ0n) is 17.2. The number of nitrogens with zero attached hydrogens (tertiary/aromatic N) is 2. The molecular formula is C24H26ClN3O3. The van der Waals surface area contributed by atoms with Crippen LogP contribution in [0.2, 0.25) is 5.02 Å². The summed E-state index contributed by atoms with van der Waals surface area (Å²) in [6, 6.07) is 15.7. The quantitative estimate of drug-likeness (QED) is 0.680. The molecule has 1 heterocycles. The molecule has 7 heteroatoms. The fourth-order valence-electron chi connectivity index (χ4n) is 4.24. The molecule has 1 saturated heterocycles. The summed E-state index contributed by atoms with van der Waals surface area (Å²) >= 11 is 5.98. The number of hydrogen-bond donors (Lipinski definition) is 2. The number of piperazine rings is 1. The molecule has 0 saturated carbocycles. The molecule has 0 unspecified atom stereocenters. The van der Waals surface area contributed by atoms with Crippen LogP contribution in [0.4, 0.5) is 17.1 Å². The summed E-state index contributed by atoms with van der Waals surface area (Å²) in [4.78, 5) is 28.7. The highest BCUT2D eigenvalue weighted by Gasteiger charge is 2.34. The van der Waals surface area contributed by atoms with Crippen molar-refractivity contribution in [1.82, 2.24) is 0 Å². The number of halogens is 1. The van der Waals surface area contributed by atoms with Gasteiger partial charge in [0.2, 0.25) is 5.91 Å². The summed E-state index contributed by atoms with van der Waals surface area (Å²) in [6.07, 6.45) is 4.58. The van der Waals surface area contributed by atoms with Gasteiger partial charge >= 0.3 is 5.97 Å². The number of amides is 1. The second-order valence-corrected chi connectivity index (χ2v) is 8.42. The van der Waals surface area contributed by atoms with Crippen LogP contribution in [0.5, 0.6) is 0 Å². The van der Waals surface area contributed by atoms with Crippen molar-refractivity contribution >= 4 is 40.5 Å². The van der Waals surface area contributed by atoms with Gasteiger partial charge in [0, 0.05) is 48.3 Å². The highest BCUT2D eigenvalue weighted by atomic mass is 35.5. The van der Waals surface area contributed by atoms with Crippen molar-refractivity contribution in [1.29, 1.82) is 0 Å². The second kappa shape index (κ2) is 9.43. The van der Waals surface area contributed by atoms with Gasteiger partial charge in [-0.25, -0.2) is 0 Å². The number of carbonyl (C=O) groups is 2. The largest absolute Gasteiger partial charge is 0.481 e. The van der Waals surface area contributed by atoms with E-state index in [9.17, 15) is 14.7 Å². The van der Waals surface area contributed by atoms with Gasteiger partial charge < -0.3 is 20.2 Å². The number of aliphatic carboxylic acids is 1. The van der Waals surface area contributed by atoms with Gasteiger partial charge in [-0.2, -0.15) is 0 Å². The minimum Gasteiger partial charge on any atom is -0.481 e. The molecule has 2 aromatic carbocycles. The monoisotopic (exact) mass is 439 g/mol. The first-order valence-electron chi connectivity index (χ1n) is 10.6. The number of benzene rings is 2. The van der Waals surface area contributed by atoms with Gasteiger partial charge in [0.1, 0.15) is 0 Å². The number of carboxylic acid groups (broad SMARTS) is 1. The molecular weight excluding hydrogens is 414 g/mol. The van der Waals surface area contributed by atoms with Crippen molar-refractivity contribution in [3.63, 3.8) is 0 Å². The molecule has 1 fully saturated rings. The third-order valence-electron chi connectivity index (χ3n) is 6.06. The van der Waals surface area contributed by atoms with E-state index < -0.39 is 17.8 Å². The standard InChI is InChI=1S/C24H26ClN3O3/c25-17-5-9-19(10-6-17)27-13-15-28(16-14-27)20-11-7-18(8-12-20)26-23(29)21-3-1-2-4-22(21)24(30)31/h1-2,5-12,21-22H,3-4,13-16H2,(H,26,29)(H,30,31)/t21-,22+/m0/s1. The number of carbonyl (C=O) groups excluding carboxylic acids is 1. The van der Waals surface area contributed by atoms with Gasteiger partial charge in [-0.05, 0) is 61.4 Å². The van der Waals surface area contributed by atoms with Crippen molar-refractivity contribution in [2.24, 2.45) is 11.8 Å². The van der Waals surface area contributed by atoms with Crippen molar-refractivity contribution < 1.29 is 14.7 Å². The van der Waals surface area contributed by atoms with Crippen LogP contribution in [0, 0.1) is 11.8 Å². The van der Waals surface area contributed by atoms with Crippen LogP contribution in [-0.2, 0) is 9.59 Å². The minimum absolute atomic E-state index is 0.235. The van der Waals surface area contributed by atoms with E-state index in [1.165, 1.54) is 5.69 Å². The summed E-state index contributed by atoms with van der Waals surface area (Å²) in [5.74, 6) is -2.36. The molecule has 0 aromatic heterocycles. The van der Waals surface area contributed by atoms with Crippen molar-refractivity contribution in [3.05, 3.63) is 65.7 Å². The van der Waals surface area contributed by atoms with Crippen LogP contribution in [0.3, 0.4) is 0 Å². The van der Waals surface area contributed by atoms with E-state index in [-0.39, 0.29) is 5.91 Å². The second-order valence-electron chi connectivity index (χ2n) is 7.98. The third-order valence-corrected chi connectivity index (χ3v) is 6.31. The molecule has 0 spiro atoms. The Morgan fingerprint density at radius 2 is 1.29 bits per heavy atom. The minimum atomic E-state index is -0.919. The van der Waals surface area contributed by atoms with Crippen LogP contribution >= 0.6 is 11.6 Å². The predicted molar refractivity (Wildman–Crippen MR) is 124 cm³/mol. The summed E-state index contributed by atoms with van der Waals surface area (Å²) in [5.41, 5.74) is 2.98. The van der Waals surface area contributed by atoms with Crippen molar-refractivity contribution in [2.75, 3.05) is 41.3 Å². The number of rotatable bonds is 5. The maximum Gasteiger partial charge on any atom is 0.307 e. The summed E-state index contributed by atoms with van der Waals surface area (Å²) in [7, 11) is 0. The smallest absolute Gasteiger partial charge is 0.307 e. The first-order valence-corrected chi connectivity index (χ1v) is 10.9. The lowest BCUT2D eigenvalue weighted by Gasteiger charge is -2.37. The van der Waals surface area contributed by atoms with E-state index in [1.807, 2.05) is 60.7 Å². The molecule has 1 aliphatic heterocycles. The average molecular weight is 440 g/mol. The molecule has 4 rings (SSSR count). The highest BCUT2D eigenvalue weighted by Crippen LogP contribution is 2.28. The Kier molecular flexibility index (Phi) is 6.47. The number of allylic oxidation sites excluding steroid dienone is 2. The van der Waals surface area contributed by atoms with Gasteiger partial charge in [0.05, 0.1) is 11.8 Å². The summed E-state index contributed by atoms with van der Waals surface area (Å²) in [6.45, 7) is 3.66. The first-order chi connectivity index (χ1) is 15.0. The van der Waals surface area contributed by atoms with E-state index in [0.717, 1.165) is 36.9 Å². The molecule has 2 atom stereocenters. The van der Waals surface area contributed by atoms with Crippen LogP contribution in [0.1, 0.15) is 12.8 Å². The molecule has 2 aromatic rings. The molecule has 0 radical (unpaired) electrons. The van der Waals surface area contributed by atoms with Gasteiger partial charge in [-0.15, -0.1) is 0 Å². The molecule has 1 aliphatic carbocycles. The Morgan fingerprint density at radius 1 is 0.806 bits per heavy atom. The van der Waals surface area contributed by atoms with Crippen LogP contribution in [0.25, 0.3) is 0 Å². The Hall–Kier alpha value is -2.99. The Morgan fingerprint density at radius 3 is 1.81 bits per heavy atom. The van der Waals surface area contributed by atoms with Crippen LogP contribution in [0.15, 0.2) is 60.7 Å². The lowest BCUT2D eigenvalue weighted by molar-refractivity contribution is -0.146. The van der Waals surface area contributed by atoms with Crippen LogP contribution in [-0.4, -0.2) is 43.2 Å². The fourth-order valence-corrected chi connectivity index (χ4v) is 4.37. The average Bonchev–Trinajstić information content (AvgIpc) is 2.80. The first kappa shape index (κ1) is 21.2. The molecule has 2 N–H and O–H groups in total. The van der Waals surface area contributed by atoms with Crippen molar-refractivity contribution in [3.8, 4) is 0 Å². The molecule has 2 aliphatic rings. The third kappa shape index (κ3) is 5.02. The molecule has 162 valence electrons. The lowest BCUT2D eigenvalue weighted by atomic mass is 9.82. The van der Waals surface area contributed by atoms with Gasteiger partial charge in [-0.1, -0.05) is 23.8 Å². The SMILES string of the molecule is O=C(Nc1ccc(N2CCN(c3ccc(Cl)cc3)CC2)cc1)[C@H]1CC=CC[C@H]1C(=O)O. The topological polar surface area (TPSA) is 72.9 Å². The Balaban J connectivity index is 1.33. The fraction of sp³-hybridized carbons (Fsp3) is 0.333. The predicted octanol–water partition coefficient (Wildman–Crippen LogP) is 4.27. The molecule has 1 amide bonds. The zero-order chi connectivity index (χ0) is 21.8. The van der Waals surface area contributed by atoms with Crippen LogP contribution < -0.4 is 15.1 Å². The Labute approximate surface area is 187 Å². The maximum atomic E-state index is 12.6. The number of anilines is 3. The van der Waals surface area contributed by atoms with E-state index in [4.69, 9.17) is 11.6 Å². The van der Waals surface area contributed by atoms with E-state index in [0.29, 0.717) is 18.5 Å². The zero-order valence-corrected chi connectivity index (χ0v) is 18.0. The van der Waals surface area contributed by atoms with Gasteiger partial charge in [-0.3, -0.25) is 9.59 Å². The van der Waals surface area contributed by atoms with E-state index in [1.54, 1.807) is 0 Å². The molecule has 0 bridgehead atoms. The summed E-state index contributed by atoms with van der Waals surface area (Å²) in [5, 5.41) is 13.0. The highest BCUT2D eigenvalue weighted by molar-refractivity contribution is 6.30. The number of hydrogen-bond acceptors (Lipinski definition) is 4. The van der Waals surface area contributed by atoms with Crippen molar-refractivity contribution in [2.45, 2.75) is 12.8 Å². The number of carboxylic acids is 1. The van der Waals surface area contributed by atoms with Gasteiger partial charge in [0.25, 0.3) is 0 Å². The molecule has 31 heavy (non-hydrogen) atoms. The maximum absolute atomic E-state index is 12.6. The normalized spacial score (nSPS) is 21.1. The summed E-state index contributed by atoms with van der Waals surface area (Å²) < 4.78 is 0. The Bertz CT molecular complexity index is 951. The number of nitrogens with one attached hydrogen (secondary N) is 1. The molecule has 6 nitrogen and oxygen atoms in total. The van der Waals surface area contributed by atoms with E-state index >= 15 is 0 Å². The van der Waals surface area contributed by atoms with E-state index in [2.05, 4.69) is 15.1 Å². The lowest BCUT2D eigenvalue weighted by Crippen LogP contribution is -2.46.